The Morgan fingerprint density at radius 2 is 1.89 bits per heavy atom. The van der Waals surface area contributed by atoms with Gasteiger partial charge in [0, 0.05) is 17.0 Å². The fraction of sp³-hybridized carbons (Fsp3) is 0.158. The number of carbonyl (C=O) groups excluding carboxylic acids is 2. The number of terminal acetylenes is 1. The van der Waals surface area contributed by atoms with E-state index in [9.17, 15) is 19.7 Å². The minimum Gasteiger partial charge on any atom is -0.341 e. The number of rotatable bonds is 7. The minimum atomic E-state index is -0.479. The molecular formula is C19H17N3O4S. The van der Waals surface area contributed by atoms with Gasteiger partial charge in [-0.3, -0.25) is 19.7 Å². The third kappa shape index (κ3) is 5.59. The van der Waals surface area contributed by atoms with Crippen molar-refractivity contribution in [1.29, 1.82) is 0 Å². The van der Waals surface area contributed by atoms with Crippen LogP contribution >= 0.6 is 11.8 Å². The molecule has 1 unspecified atom stereocenters. The highest BCUT2D eigenvalue weighted by Gasteiger charge is 2.18. The molecule has 0 aromatic heterocycles. The number of nitro groups is 1. The number of nitro benzene ring substituents is 1. The number of hydrogen-bond donors (Lipinski definition) is 2. The Bertz CT molecular complexity index is 891. The predicted octanol–water partition coefficient (Wildman–Crippen LogP) is 3.08. The van der Waals surface area contributed by atoms with Crippen molar-refractivity contribution in [2.75, 3.05) is 11.9 Å². The molecule has 27 heavy (non-hydrogen) atoms. The smallest absolute Gasteiger partial charge is 0.269 e. The first-order valence-corrected chi connectivity index (χ1v) is 8.83. The van der Waals surface area contributed by atoms with Gasteiger partial charge in [-0.2, -0.15) is 0 Å². The van der Waals surface area contributed by atoms with Crippen LogP contribution in [0.3, 0.4) is 0 Å². The van der Waals surface area contributed by atoms with Crippen LogP contribution < -0.4 is 10.6 Å². The van der Waals surface area contributed by atoms with Crippen LogP contribution in [0, 0.1) is 22.5 Å². The molecule has 138 valence electrons. The molecule has 2 aromatic carbocycles. The molecule has 0 heterocycles. The molecule has 1 atom stereocenters. The number of carbonyl (C=O) groups is 2. The SMILES string of the molecule is C#CCNC(=O)c1ccccc1NC(=O)C(C)Sc1ccc([N+](=O)[O-])cc1. The third-order valence-electron chi connectivity index (χ3n) is 3.51. The van der Waals surface area contributed by atoms with E-state index in [1.165, 1.54) is 23.9 Å². The number of anilines is 1. The highest BCUT2D eigenvalue weighted by molar-refractivity contribution is 8.00. The number of amides is 2. The van der Waals surface area contributed by atoms with E-state index in [1.807, 2.05) is 0 Å². The second kappa shape index (κ2) is 9.40. The van der Waals surface area contributed by atoms with E-state index in [1.54, 1.807) is 43.3 Å². The lowest BCUT2D eigenvalue weighted by atomic mass is 10.1. The molecule has 0 aliphatic carbocycles. The molecule has 0 saturated carbocycles. The van der Waals surface area contributed by atoms with Crippen molar-refractivity contribution >= 4 is 35.0 Å². The van der Waals surface area contributed by atoms with Crippen molar-refractivity contribution in [3.05, 3.63) is 64.2 Å². The summed E-state index contributed by atoms with van der Waals surface area (Å²) in [5.41, 5.74) is 0.685. The van der Waals surface area contributed by atoms with Crippen molar-refractivity contribution < 1.29 is 14.5 Å². The van der Waals surface area contributed by atoms with Gasteiger partial charge in [-0.25, -0.2) is 0 Å². The van der Waals surface area contributed by atoms with Gasteiger partial charge >= 0.3 is 0 Å². The zero-order chi connectivity index (χ0) is 19.8. The first-order chi connectivity index (χ1) is 12.9. The fourth-order valence-corrected chi connectivity index (χ4v) is 3.02. The zero-order valence-electron chi connectivity index (χ0n) is 14.5. The molecule has 8 heteroatoms. The van der Waals surface area contributed by atoms with Gasteiger partial charge in [-0.05, 0) is 31.2 Å². The fourth-order valence-electron chi connectivity index (χ4n) is 2.16. The van der Waals surface area contributed by atoms with E-state index < -0.39 is 10.2 Å². The van der Waals surface area contributed by atoms with Crippen molar-refractivity contribution in [2.24, 2.45) is 0 Å². The second-order valence-electron chi connectivity index (χ2n) is 5.43. The normalized spacial score (nSPS) is 11.1. The summed E-state index contributed by atoms with van der Waals surface area (Å²) in [4.78, 5) is 35.5. The first-order valence-electron chi connectivity index (χ1n) is 7.95. The Morgan fingerprint density at radius 3 is 2.52 bits per heavy atom. The quantitative estimate of drug-likeness (QED) is 0.331. The maximum Gasteiger partial charge on any atom is 0.269 e. The number of benzene rings is 2. The van der Waals surface area contributed by atoms with Gasteiger partial charge in [0.15, 0.2) is 0 Å². The van der Waals surface area contributed by atoms with Crippen molar-refractivity contribution in [1.82, 2.24) is 5.32 Å². The summed E-state index contributed by atoms with van der Waals surface area (Å²) in [5.74, 6) is 1.65. The van der Waals surface area contributed by atoms with Gasteiger partial charge in [0.05, 0.1) is 28.0 Å². The van der Waals surface area contributed by atoms with Crippen molar-refractivity contribution in [3.8, 4) is 12.3 Å². The maximum absolute atomic E-state index is 12.5. The Labute approximate surface area is 160 Å². The molecule has 0 spiro atoms. The van der Waals surface area contributed by atoms with Gasteiger partial charge in [-0.15, -0.1) is 18.2 Å². The number of thioether (sulfide) groups is 1. The summed E-state index contributed by atoms with van der Waals surface area (Å²) in [6.07, 6.45) is 5.14. The average Bonchev–Trinajstić information content (AvgIpc) is 2.66. The molecular weight excluding hydrogens is 366 g/mol. The summed E-state index contributed by atoms with van der Waals surface area (Å²) < 4.78 is 0. The lowest BCUT2D eigenvalue weighted by Gasteiger charge is -2.14. The number of hydrogen-bond acceptors (Lipinski definition) is 5. The number of non-ortho nitro benzene ring substituents is 1. The summed E-state index contributed by atoms with van der Waals surface area (Å²) in [6, 6.07) is 12.6. The van der Waals surface area contributed by atoms with E-state index in [2.05, 4.69) is 16.6 Å². The Balaban J connectivity index is 2.05. The van der Waals surface area contributed by atoms with Crippen LogP contribution in [0.2, 0.25) is 0 Å². The number of nitrogens with zero attached hydrogens (tertiary/aromatic N) is 1. The van der Waals surface area contributed by atoms with E-state index in [4.69, 9.17) is 6.42 Å². The Kier molecular flexibility index (Phi) is 6.97. The van der Waals surface area contributed by atoms with Crippen molar-refractivity contribution in [3.63, 3.8) is 0 Å². The minimum absolute atomic E-state index is 0.0108. The zero-order valence-corrected chi connectivity index (χ0v) is 15.3. The van der Waals surface area contributed by atoms with Crippen LogP contribution in [0.25, 0.3) is 0 Å². The Morgan fingerprint density at radius 1 is 1.22 bits per heavy atom. The number of para-hydroxylation sites is 1. The molecule has 2 N–H and O–H groups in total. The molecule has 0 aliphatic rings. The maximum atomic E-state index is 12.5. The van der Waals surface area contributed by atoms with Crippen molar-refractivity contribution in [2.45, 2.75) is 17.1 Å². The molecule has 0 radical (unpaired) electrons. The van der Waals surface area contributed by atoms with Crippen LogP contribution in [-0.4, -0.2) is 28.5 Å². The van der Waals surface area contributed by atoms with Crippen LogP contribution in [0.4, 0.5) is 11.4 Å². The van der Waals surface area contributed by atoms with Gasteiger partial charge in [0.1, 0.15) is 0 Å². The van der Waals surface area contributed by atoms with E-state index in [0.717, 1.165) is 4.90 Å². The average molecular weight is 383 g/mol. The molecule has 2 aromatic rings. The standard InChI is InChI=1S/C19H17N3O4S/c1-3-12-20-19(24)16-6-4-5-7-17(16)21-18(23)13(2)27-15-10-8-14(9-11-15)22(25)26/h1,4-11,13H,12H2,2H3,(H,20,24)(H,21,23). The highest BCUT2D eigenvalue weighted by atomic mass is 32.2. The molecule has 0 bridgehead atoms. The molecule has 0 aliphatic heterocycles. The van der Waals surface area contributed by atoms with E-state index in [-0.39, 0.29) is 24.0 Å². The topological polar surface area (TPSA) is 101 Å². The predicted molar refractivity (Wildman–Crippen MR) is 105 cm³/mol. The summed E-state index contributed by atoms with van der Waals surface area (Å²) in [7, 11) is 0. The molecule has 7 nitrogen and oxygen atoms in total. The van der Waals surface area contributed by atoms with Gasteiger partial charge < -0.3 is 10.6 Å². The van der Waals surface area contributed by atoms with E-state index >= 15 is 0 Å². The summed E-state index contributed by atoms with van der Waals surface area (Å²) in [5, 5.41) is 15.5. The van der Waals surface area contributed by atoms with Gasteiger partial charge in [-0.1, -0.05) is 18.1 Å². The van der Waals surface area contributed by atoms with Gasteiger partial charge in [0.25, 0.3) is 11.6 Å². The monoisotopic (exact) mass is 383 g/mol. The third-order valence-corrected chi connectivity index (χ3v) is 4.62. The van der Waals surface area contributed by atoms with Crippen LogP contribution in [0.5, 0.6) is 0 Å². The summed E-state index contributed by atoms with van der Waals surface area (Å²) in [6.45, 7) is 1.80. The molecule has 0 saturated heterocycles. The van der Waals surface area contributed by atoms with Crippen LogP contribution in [0.15, 0.2) is 53.4 Å². The van der Waals surface area contributed by atoms with Crippen LogP contribution in [-0.2, 0) is 4.79 Å². The second-order valence-corrected chi connectivity index (χ2v) is 6.85. The van der Waals surface area contributed by atoms with Crippen LogP contribution in [0.1, 0.15) is 17.3 Å². The lowest BCUT2D eigenvalue weighted by Crippen LogP contribution is -2.27. The molecule has 2 amide bonds. The largest absolute Gasteiger partial charge is 0.341 e. The number of nitrogens with one attached hydrogen (secondary N) is 2. The first kappa shape index (κ1) is 20.0. The van der Waals surface area contributed by atoms with E-state index in [0.29, 0.717) is 11.3 Å². The van der Waals surface area contributed by atoms with Gasteiger partial charge in [0.2, 0.25) is 5.91 Å². The summed E-state index contributed by atoms with van der Waals surface area (Å²) >= 11 is 1.26. The lowest BCUT2D eigenvalue weighted by molar-refractivity contribution is -0.384. The Hall–Kier alpha value is -3.31. The molecule has 0 fully saturated rings. The highest BCUT2D eigenvalue weighted by Crippen LogP contribution is 2.26. The molecule has 2 rings (SSSR count).